The number of nitrogens with zero attached hydrogens (tertiary/aromatic N) is 2. The summed E-state index contributed by atoms with van der Waals surface area (Å²) in [5.41, 5.74) is 6.15. The highest BCUT2D eigenvalue weighted by Gasteiger charge is 2.20. The van der Waals surface area contributed by atoms with E-state index in [-0.39, 0.29) is 23.8 Å². The number of hydrogen-bond donors (Lipinski definition) is 3. The SMILES string of the molecule is COc1cc(C(=O)NNC(=O)CN2CCN(c3ccc(O)cc3)CC2)cc(OC)c1OC. The number of anilines is 1. The van der Waals surface area contributed by atoms with Crippen molar-refractivity contribution in [2.45, 2.75) is 0 Å². The van der Waals surface area contributed by atoms with E-state index < -0.39 is 5.91 Å². The Kier molecular flexibility index (Phi) is 7.61. The summed E-state index contributed by atoms with van der Waals surface area (Å²) in [4.78, 5) is 29.0. The van der Waals surface area contributed by atoms with E-state index in [4.69, 9.17) is 14.2 Å². The first-order chi connectivity index (χ1) is 15.4. The third kappa shape index (κ3) is 5.52. The van der Waals surface area contributed by atoms with Gasteiger partial charge in [-0.1, -0.05) is 0 Å². The van der Waals surface area contributed by atoms with Gasteiger partial charge in [0.1, 0.15) is 5.75 Å². The molecule has 0 saturated carbocycles. The topological polar surface area (TPSA) is 113 Å². The summed E-state index contributed by atoms with van der Waals surface area (Å²) in [7, 11) is 4.40. The molecule has 1 heterocycles. The van der Waals surface area contributed by atoms with Gasteiger partial charge in [0, 0.05) is 37.4 Å². The van der Waals surface area contributed by atoms with Crippen LogP contribution in [0.25, 0.3) is 0 Å². The standard InChI is InChI=1S/C22H28N4O6/c1-30-18-12-15(13-19(31-2)21(18)32-3)22(29)24-23-20(28)14-25-8-10-26(11-9-25)16-4-6-17(27)7-5-16/h4-7,12-13,27H,8-11,14H2,1-3H3,(H,23,28)(H,24,29). The molecule has 3 N–H and O–H groups in total. The first-order valence-corrected chi connectivity index (χ1v) is 10.1. The van der Waals surface area contributed by atoms with E-state index in [0.29, 0.717) is 30.3 Å². The molecular weight excluding hydrogens is 416 g/mol. The van der Waals surface area contributed by atoms with Crippen LogP contribution in [0.1, 0.15) is 10.4 Å². The number of phenolic OH excluding ortho intramolecular Hbond substituents is 1. The number of carbonyl (C=O) groups is 2. The van der Waals surface area contributed by atoms with Crippen LogP contribution >= 0.6 is 0 Å². The molecule has 10 nitrogen and oxygen atoms in total. The van der Waals surface area contributed by atoms with Crippen LogP contribution in [0.5, 0.6) is 23.0 Å². The molecule has 3 rings (SSSR count). The number of hydrogen-bond acceptors (Lipinski definition) is 8. The lowest BCUT2D eigenvalue weighted by Gasteiger charge is -2.35. The summed E-state index contributed by atoms with van der Waals surface area (Å²) in [6, 6.07) is 10.1. The minimum atomic E-state index is -0.505. The highest BCUT2D eigenvalue weighted by Crippen LogP contribution is 2.38. The molecule has 1 aliphatic heterocycles. The van der Waals surface area contributed by atoms with Gasteiger partial charge in [0.2, 0.25) is 5.75 Å². The number of hydrazine groups is 1. The van der Waals surface area contributed by atoms with E-state index in [9.17, 15) is 14.7 Å². The van der Waals surface area contributed by atoms with E-state index in [1.807, 2.05) is 17.0 Å². The molecule has 2 aromatic rings. The van der Waals surface area contributed by atoms with Crippen LogP contribution in [-0.2, 0) is 4.79 Å². The monoisotopic (exact) mass is 444 g/mol. The number of phenols is 1. The van der Waals surface area contributed by atoms with Crippen molar-refractivity contribution in [1.29, 1.82) is 0 Å². The first kappa shape index (κ1) is 23.0. The normalized spacial score (nSPS) is 13.9. The van der Waals surface area contributed by atoms with Gasteiger partial charge >= 0.3 is 0 Å². The lowest BCUT2D eigenvalue weighted by molar-refractivity contribution is -0.123. The number of methoxy groups -OCH3 is 3. The summed E-state index contributed by atoms with van der Waals surface area (Å²) < 4.78 is 15.7. The lowest BCUT2D eigenvalue weighted by atomic mass is 10.1. The zero-order chi connectivity index (χ0) is 23.1. The van der Waals surface area contributed by atoms with Crippen LogP contribution in [0.15, 0.2) is 36.4 Å². The molecule has 0 aromatic heterocycles. The van der Waals surface area contributed by atoms with E-state index in [2.05, 4.69) is 15.8 Å². The largest absolute Gasteiger partial charge is 0.508 e. The molecule has 10 heteroatoms. The summed E-state index contributed by atoms with van der Waals surface area (Å²) in [6.45, 7) is 3.09. The molecular formula is C22H28N4O6. The number of benzene rings is 2. The summed E-state index contributed by atoms with van der Waals surface area (Å²) in [5, 5.41) is 9.42. The van der Waals surface area contributed by atoms with E-state index >= 15 is 0 Å². The van der Waals surface area contributed by atoms with Gasteiger partial charge in [0.25, 0.3) is 11.8 Å². The third-order valence-corrected chi connectivity index (χ3v) is 5.20. The van der Waals surface area contributed by atoms with Gasteiger partial charge in [-0.2, -0.15) is 0 Å². The van der Waals surface area contributed by atoms with Crippen LogP contribution in [-0.4, -0.2) is 75.9 Å². The van der Waals surface area contributed by atoms with Crippen molar-refractivity contribution in [3.63, 3.8) is 0 Å². The van der Waals surface area contributed by atoms with E-state index in [1.54, 1.807) is 12.1 Å². The van der Waals surface area contributed by atoms with E-state index in [0.717, 1.165) is 18.8 Å². The molecule has 0 spiro atoms. The maximum atomic E-state index is 12.5. The molecule has 2 aromatic carbocycles. The van der Waals surface area contributed by atoms with Gasteiger partial charge in [-0.3, -0.25) is 25.3 Å². The minimum absolute atomic E-state index is 0.166. The van der Waals surface area contributed by atoms with Gasteiger partial charge in [-0.25, -0.2) is 0 Å². The molecule has 0 unspecified atom stereocenters. The highest BCUT2D eigenvalue weighted by molar-refractivity contribution is 5.96. The molecule has 2 amide bonds. The highest BCUT2D eigenvalue weighted by atomic mass is 16.5. The second kappa shape index (κ2) is 10.6. The second-order valence-corrected chi connectivity index (χ2v) is 7.20. The molecule has 1 saturated heterocycles. The predicted molar refractivity (Wildman–Crippen MR) is 118 cm³/mol. The number of aromatic hydroxyl groups is 1. The third-order valence-electron chi connectivity index (χ3n) is 5.20. The Morgan fingerprint density at radius 2 is 1.50 bits per heavy atom. The maximum absolute atomic E-state index is 12.5. The number of piperazine rings is 1. The maximum Gasteiger partial charge on any atom is 0.269 e. The average Bonchev–Trinajstić information content (AvgIpc) is 2.82. The summed E-state index contributed by atoms with van der Waals surface area (Å²) >= 11 is 0. The average molecular weight is 444 g/mol. The van der Waals surface area contributed by atoms with Crippen molar-refractivity contribution in [3.05, 3.63) is 42.0 Å². The van der Waals surface area contributed by atoms with Crippen molar-refractivity contribution in [2.24, 2.45) is 0 Å². The van der Waals surface area contributed by atoms with Crippen molar-refractivity contribution in [2.75, 3.05) is 59.0 Å². The molecule has 172 valence electrons. The molecule has 0 bridgehead atoms. The summed E-state index contributed by atoms with van der Waals surface area (Å²) in [5.74, 6) is 0.475. The van der Waals surface area contributed by atoms with Gasteiger partial charge in [0.05, 0.1) is 27.9 Å². The quantitative estimate of drug-likeness (QED) is 0.543. The summed E-state index contributed by atoms with van der Waals surface area (Å²) in [6.07, 6.45) is 0. The number of nitrogens with one attached hydrogen (secondary N) is 2. The number of amides is 2. The molecule has 0 radical (unpaired) electrons. The van der Waals surface area contributed by atoms with Crippen molar-refractivity contribution in [3.8, 4) is 23.0 Å². The van der Waals surface area contributed by atoms with Gasteiger partial charge in [0.15, 0.2) is 11.5 Å². The molecule has 1 fully saturated rings. The predicted octanol–water partition coefficient (Wildman–Crippen LogP) is 1.00. The Bertz CT molecular complexity index is 917. The molecule has 32 heavy (non-hydrogen) atoms. The van der Waals surface area contributed by atoms with Crippen LogP contribution in [0.2, 0.25) is 0 Å². The number of ether oxygens (including phenoxy) is 3. The van der Waals surface area contributed by atoms with Crippen LogP contribution in [0.4, 0.5) is 5.69 Å². The molecule has 0 aliphatic carbocycles. The fourth-order valence-corrected chi connectivity index (χ4v) is 3.48. The van der Waals surface area contributed by atoms with Crippen molar-refractivity contribution < 1.29 is 28.9 Å². The Morgan fingerprint density at radius 1 is 0.906 bits per heavy atom. The fourth-order valence-electron chi connectivity index (χ4n) is 3.48. The Morgan fingerprint density at radius 3 is 2.03 bits per heavy atom. The Hall–Kier alpha value is -3.66. The van der Waals surface area contributed by atoms with Gasteiger partial charge in [-0.15, -0.1) is 0 Å². The number of rotatable bonds is 7. The Labute approximate surface area is 186 Å². The number of carbonyl (C=O) groups excluding carboxylic acids is 2. The molecule has 1 aliphatic rings. The second-order valence-electron chi connectivity index (χ2n) is 7.20. The van der Waals surface area contributed by atoms with Crippen LogP contribution in [0.3, 0.4) is 0 Å². The zero-order valence-electron chi connectivity index (χ0n) is 18.4. The van der Waals surface area contributed by atoms with Crippen LogP contribution < -0.4 is 30.0 Å². The van der Waals surface area contributed by atoms with Gasteiger partial charge < -0.3 is 24.2 Å². The Balaban J connectivity index is 1.49. The van der Waals surface area contributed by atoms with E-state index in [1.165, 1.54) is 33.5 Å². The minimum Gasteiger partial charge on any atom is -0.508 e. The van der Waals surface area contributed by atoms with Crippen molar-refractivity contribution in [1.82, 2.24) is 15.8 Å². The first-order valence-electron chi connectivity index (χ1n) is 10.1. The van der Waals surface area contributed by atoms with Crippen molar-refractivity contribution >= 4 is 17.5 Å². The fraction of sp³-hybridized carbons (Fsp3) is 0.364. The van der Waals surface area contributed by atoms with Crippen LogP contribution in [0, 0.1) is 0 Å². The molecule has 0 atom stereocenters. The smallest absolute Gasteiger partial charge is 0.269 e. The zero-order valence-corrected chi connectivity index (χ0v) is 18.4. The lowest BCUT2D eigenvalue weighted by Crippen LogP contribution is -2.52. The van der Waals surface area contributed by atoms with Gasteiger partial charge in [-0.05, 0) is 36.4 Å².